The van der Waals surface area contributed by atoms with Gasteiger partial charge >= 0.3 is 5.97 Å². The van der Waals surface area contributed by atoms with Gasteiger partial charge in [0.25, 0.3) is 5.91 Å². The molecule has 0 aliphatic carbocycles. The van der Waals surface area contributed by atoms with E-state index < -0.39 is 24.2 Å². The molecule has 0 saturated heterocycles. The number of amides is 2. The van der Waals surface area contributed by atoms with Crippen molar-refractivity contribution >= 4 is 23.5 Å². The van der Waals surface area contributed by atoms with Crippen LogP contribution in [-0.2, 0) is 19.1 Å². The van der Waals surface area contributed by atoms with Gasteiger partial charge in [0.05, 0.1) is 12.8 Å². The van der Waals surface area contributed by atoms with Gasteiger partial charge in [0.2, 0.25) is 5.91 Å². The molecule has 0 fully saturated rings. The van der Waals surface area contributed by atoms with E-state index in [0.717, 1.165) is 4.90 Å². The van der Waals surface area contributed by atoms with Gasteiger partial charge < -0.3 is 9.47 Å². The minimum absolute atomic E-state index is 0.218. The van der Waals surface area contributed by atoms with E-state index in [2.05, 4.69) is 4.74 Å². The Hall–Kier alpha value is -2.37. The lowest BCUT2D eigenvalue weighted by molar-refractivity contribution is -0.143. The van der Waals surface area contributed by atoms with E-state index in [1.807, 2.05) is 0 Å². The molecule has 0 bridgehead atoms. The monoisotopic (exact) mass is 249 g/mol. The first-order valence-corrected chi connectivity index (χ1v) is 5.28. The number of para-hydroxylation sites is 2. The Bertz CT molecular complexity index is 511. The zero-order chi connectivity index (χ0) is 13.1. The van der Waals surface area contributed by atoms with Crippen molar-refractivity contribution in [1.29, 1.82) is 0 Å². The fourth-order valence-corrected chi connectivity index (χ4v) is 1.65. The summed E-state index contributed by atoms with van der Waals surface area (Å²) in [6, 6.07) is 6.65. The number of hydrogen-bond donors (Lipinski definition) is 0. The van der Waals surface area contributed by atoms with Gasteiger partial charge in [0.1, 0.15) is 12.2 Å². The average molecular weight is 249 g/mol. The van der Waals surface area contributed by atoms with Gasteiger partial charge in [-0.05, 0) is 12.1 Å². The molecule has 0 atom stereocenters. The van der Waals surface area contributed by atoms with Crippen LogP contribution in [0.4, 0.5) is 5.69 Å². The Morgan fingerprint density at radius 3 is 2.83 bits per heavy atom. The molecule has 6 heteroatoms. The summed E-state index contributed by atoms with van der Waals surface area (Å²) in [6.07, 6.45) is -0.476. The van der Waals surface area contributed by atoms with Crippen molar-refractivity contribution in [1.82, 2.24) is 0 Å². The molecule has 0 unspecified atom stereocenters. The van der Waals surface area contributed by atoms with Gasteiger partial charge in [-0.25, -0.2) is 4.90 Å². The first-order valence-electron chi connectivity index (χ1n) is 5.28. The van der Waals surface area contributed by atoms with Gasteiger partial charge in [-0.2, -0.15) is 0 Å². The minimum Gasteiger partial charge on any atom is -0.482 e. The molecule has 2 amide bonds. The number of ether oxygens (including phenoxy) is 2. The van der Waals surface area contributed by atoms with Crippen molar-refractivity contribution in [3.63, 3.8) is 0 Å². The van der Waals surface area contributed by atoms with E-state index in [9.17, 15) is 14.4 Å². The van der Waals surface area contributed by atoms with E-state index in [-0.39, 0.29) is 6.61 Å². The quantitative estimate of drug-likeness (QED) is 0.563. The van der Waals surface area contributed by atoms with E-state index in [0.29, 0.717) is 11.4 Å². The first kappa shape index (κ1) is 12.1. The van der Waals surface area contributed by atoms with Crippen LogP contribution >= 0.6 is 0 Å². The number of esters is 1. The fourth-order valence-electron chi connectivity index (χ4n) is 1.65. The summed E-state index contributed by atoms with van der Waals surface area (Å²) in [4.78, 5) is 35.6. The molecule has 1 heterocycles. The third kappa shape index (κ3) is 2.17. The second kappa shape index (κ2) is 4.87. The summed E-state index contributed by atoms with van der Waals surface area (Å²) >= 11 is 0. The maximum absolute atomic E-state index is 11.9. The Balaban J connectivity index is 2.29. The Labute approximate surface area is 103 Å². The van der Waals surface area contributed by atoms with Crippen LogP contribution in [0.1, 0.15) is 6.42 Å². The Morgan fingerprint density at radius 2 is 2.11 bits per heavy atom. The molecule has 0 N–H and O–H groups in total. The Kier molecular flexibility index (Phi) is 3.27. The number of benzene rings is 1. The molecule has 94 valence electrons. The van der Waals surface area contributed by atoms with Crippen molar-refractivity contribution in [2.75, 3.05) is 18.6 Å². The number of imide groups is 1. The lowest BCUT2D eigenvalue weighted by atomic mass is 10.2. The highest BCUT2D eigenvalue weighted by atomic mass is 16.5. The molecule has 1 aliphatic heterocycles. The number of fused-ring (bicyclic) bond motifs is 1. The second-order valence-electron chi connectivity index (χ2n) is 3.63. The SMILES string of the molecule is COC(=O)CC(=O)N1C(=O)COc2ccccc21. The molecule has 2 rings (SSSR count). The summed E-state index contributed by atoms with van der Waals surface area (Å²) in [7, 11) is 1.19. The molecular formula is C12H11NO5. The Morgan fingerprint density at radius 1 is 1.39 bits per heavy atom. The standard InChI is InChI=1S/C12H11NO5/c1-17-12(16)6-10(14)13-8-4-2-3-5-9(8)18-7-11(13)15/h2-5H,6-7H2,1H3. The minimum atomic E-state index is -0.684. The third-order valence-corrected chi connectivity index (χ3v) is 2.48. The predicted octanol–water partition coefficient (Wildman–Crippen LogP) is 0.502. The van der Waals surface area contributed by atoms with Crippen LogP contribution in [0.15, 0.2) is 24.3 Å². The average Bonchev–Trinajstić information content (AvgIpc) is 2.38. The second-order valence-corrected chi connectivity index (χ2v) is 3.63. The molecule has 1 aromatic carbocycles. The molecule has 0 saturated carbocycles. The molecule has 0 spiro atoms. The van der Waals surface area contributed by atoms with Crippen LogP contribution in [0.25, 0.3) is 0 Å². The van der Waals surface area contributed by atoms with Crippen molar-refractivity contribution in [3.05, 3.63) is 24.3 Å². The van der Waals surface area contributed by atoms with Gasteiger partial charge in [-0.1, -0.05) is 12.1 Å². The van der Waals surface area contributed by atoms with Crippen LogP contribution in [-0.4, -0.2) is 31.5 Å². The lowest BCUT2D eigenvalue weighted by Crippen LogP contribution is -2.43. The maximum Gasteiger partial charge on any atom is 0.315 e. The van der Waals surface area contributed by atoms with Crippen molar-refractivity contribution < 1.29 is 23.9 Å². The summed E-state index contributed by atoms with van der Waals surface area (Å²) in [5.74, 6) is -1.36. The fraction of sp³-hybridized carbons (Fsp3) is 0.250. The highest BCUT2D eigenvalue weighted by Crippen LogP contribution is 2.31. The first-order chi connectivity index (χ1) is 8.63. The molecular weight excluding hydrogens is 238 g/mol. The number of rotatable bonds is 2. The largest absolute Gasteiger partial charge is 0.482 e. The summed E-state index contributed by atoms with van der Waals surface area (Å²) < 4.78 is 9.59. The van der Waals surface area contributed by atoms with Gasteiger partial charge in [0.15, 0.2) is 6.61 Å². The van der Waals surface area contributed by atoms with Crippen LogP contribution < -0.4 is 9.64 Å². The topological polar surface area (TPSA) is 72.9 Å². The van der Waals surface area contributed by atoms with E-state index in [1.165, 1.54) is 7.11 Å². The van der Waals surface area contributed by atoms with Gasteiger partial charge in [-0.15, -0.1) is 0 Å². The van der Waals surface area contributed by atoms with Crippen molar-refractivity contribution in [3.8, 4) is 5.75 Å². The zero-order valence-electron chi connectivity index (χ0n) is 9.71. The molecule has 0 radical (unpaired) electrons. The van der Waals surface area contributed by atoms with Crippen molar-refractivity contribution in [2.45, 2.75) is 6.42 Å². The van der Waals surface area contributed by atoms with Crippen LogP contribution in [0.5, 0.6) is 5.75 Å². The molecule has 0 aromatic heterocycles. The molecule has 1 aromatic rings. The van der Waals surface area contributed by atoms with E-state index >= 15 is 0 Å². The third-order valence-electron chi connectivity index (χ3n) is 2.48. The number of hydrogen-bond acceptors (Lipinski definition) is 5. The number of methoxy groups -OCH3 is 1. The predicted molar refractivity (Wildman–Crippen MR) is 61.1 cm³/mol. The van der Waals surface area contributed by atoms with E-state index in [4.69, 9.17) is 4.74 Å². The normalized spacial score (nSPS) is 13.6. The highest BCUT2D eigenvalue weighted by Gasteiger charge is 2.31. The molecule has 18 heavy (non-hydrogen) atoms. The van der Waals surface area contributed by atoms with E-state index in [1.54, 1.807) is 24.3 Å². The maximum atomic E-state index is 11.9. The van der Waals surface area contributed by atoms with Gasteiger partial charge in [0, 0.05) is 0 Å². The molecule has 6 nitrogen and oxygen atoms in total. The van der Waals surface area contributed by atoms with Crippen LogP contribution in [0, 0.1) is 0 Å². The summed E-state index contributed by atoms with van der Waals surface area (Å²) in [5.41, 5.74) is 0.350. The summed E-state index contributed by atoms with van der Waals surface area (Å²) in [5, 5.41) is 0. The molecule has 1 aliphatic rings. The van der Waals surface area contributed by atoms with Crippen LogP contribution in [0.2, 0.25) is 0 Å². The van der Waals surface area contributed by atoms with Gasteiger partial charge in [-0.3, -0.25) is 14.4 Å². The number of anilines is 1. The smallest absolute Gasteiger partial charge is 0.315 e. The number of carbonyl (C=O) groups is 3. The van der Waals surface area contributed by atoms with Crippen LogP contribution in [0.3, 0.4) is 0 Å². The van der Waals surface area contributed by atoms with Crippen molar-refractivity contribution in [2.24, 2.45) is 0 Å². The number of nitrogens with zero attached hydrogens (tertiary/aromatic N) is 1. The highest BCUT2D eigenvalue weighted by molar-refractivity contribution is 6.20. The number of carbonyl (C=O) groups excluding carboxylic acids is 3. The lowest BCUT2D eigenvalue weighted by Gasteiger charge is -2.27. The zero-order valence-corrected chi connectivity index (χ0v) is 9.71. The summed E-state index contributed by atoms with van der Waals surface area (Å²) in [6.45, 7) is -0.218.